The molecule has 1 saturated carbocycles. The third-order valence-electron chi connectivity index (χ3n) is 4.19. The Morgan fingerprint density at radius 2 is 1.81 bits per heavy atom. The third kappa shape index (κ3) is 3.58. The van der Waals surface area contributed by atoms with E-state index in [9.17, 15) is 14.4 Å². The number of ether oxygens (including phenoxy) is 1. The van der Waals surface area contributed by atoms with Crippen LogP contribution in [0.15, 0.2) is 38.4 Å². The lowest BCUT2D eigenvalue weighted by atomic mass is 10.0. The van der Waals surface area contributed by atoms with Crippen LogP contribution in [0.3, 0.4) is 0 Å². The first kappa shape index (κ1) is 17.7. The van der Waals surface area contributed by atoms with Gasteiger partial charge in [0.1, 0.15) is 6.54 Å². The summed E-state index contributed by atoms with van der Waals surface area (Å²) < 4.78 is 5.71. The van der Waals surface area contributed by atoms with Crippen LogP contribution < -0.4 is 16.0 Å². The van der Waals surface area contributed by atoms with E-state index in [-0.39, 0.29) is 45.6 Å². The number of nitrogens with zero attached hydrogens (tertiary/aromatic N) is 2. The molecule has 1 fully saturated rings. The largest absolute Gasteiger partial charge is 0.436 e. The number of hydrogen-bond acceptors (Lipinski definition) is 6. The molecule has 2 aromatic rings. The summed E-state index contributed by atoms with van der Waals surface area (Å²) in [5.41, 5.74) is -0.408. The Labute approximate surface area is 161 Å². The highest BCUT2D eigenvalue weighted by molar-refractivity contribution is 6.38. The standard InChI is InChI=1S/C17H12Cl2N4O4/c18-10-3-8(14-16(25)21-17(26)23-22-14)4-11(19)15(10)27-13-5-9(7-1-2-7)12(24)6-20-13/h3-5,7H,1-2,6H2,(H2,21,23,25,26). The minimum atomic E-state index is -0.719. The van der Waals surface area contributed by atoms with Crippen LogP contribution in [0.2, 0.25) is 10.0 Å². The molecule has 27 heavy (non-hydrogen) atoms. The van der Waals surface area contributed by atoms with E-state index in [2.05, 4.69) is 20.2 Å². The summed E-state index contributed by atoms with van der Waals surface area (Å²) in [7, 11) is 0. The lowest BCUT2D eigenvalue weighted by Crippen LogP contribution is -2.25. The number of ketones is 1. The van der Waals surface area contributed by atoms with Crippen molar-refractivity contribution in [2.24, 2.45) is 10.9 Å². The zero-order valence-corrected chi connectivity index (χ0v) is 15.2. The molecule has 1 aromatic heterocycles. The van der Waals surface area contributed by atoms with Gasteiger partial charge in [-0.15, -0.1) is 0 Å². The molecule has 138 valence electrons. The van der Waals surface area contributed by atoms with Crippen molar-refractivity contribution in [3.8, 4) is 17.0 Å². The normalized spacial score (nSPS) is 16.7. The van der Waals surface area contributed by atoms with E-state index < -0.39 is 11.2 Å². The SMILES string of the molecule is O=C1CN=C(Oc2c(Cl)cc(-c3n[nH]c(=O)[nH]c3=O)cc2Cl)C=C1C1CC1. The molecule has 0 amide bonds. The van der Waals surface area contributed by atoms with Gasteiger partial charge in [-0.05, 0) is 30.9 Å². The van der Waals surface area contributed by atoms with Gasteiger partial charge in [-0.25, -0.2) is 14.9 Å². The Morgan fingerprint density at radius 3 is 2.44 bits per heavy atom. The van der Waals surface area contributed by atoms with E-state index in [1.165, 1.54) is 12.1 Å². The number of aromatic amines is 2. The number of halogens is 2. The van der Waals surface area contributed by atoms with Crippen molar-refractivity contribution in [1.82, 2.24) is 15.2 Å². The smallest absolute Gasteiger partial charge is 0.342 e. The summed E-state index contributed by atoms with van der Waals surface area (Å²) >= 11 is 12.5. The van der Waals surface area contributed by atoms with Gasteiger partial charge in [0.2, 0.25) is 5.90 Å². The second-order valence-electron chi connectivity index (χ2n) is 6.18. The highest BCUT2D eigenvalue weighted by atomic mass is 35.5. The zero-order valence-electron chi connectivity index (χ0n) is 13.7. The van der Waals surface area contributed by atoms with E-state index >= 15 is 0 Å². The van der Waals surface area contributed by atoms with Crippen molar-refractivity contribution in [3.05, 3.63) is 54.7 Å². The van der Waals surface area contributed by atoms with Gasteiger partial charge in [-0.2, -0.15) is 5.10 Å². The first-order chi connectivity index (χ1) is 12.9. The Balaban J connectivity index is 1.66. The van der Waals surface area contributed by atoms with Crippen LogP contribution in [0.25, 0.3) is 11.3 Å². The number of rotatable bonds is 3. The fraction of sp³-hybridized carbons (Fsp3) is 0.235. The van der Waals surface area contributed by atoms with E-state index in [1.54, 1.807) is 6.08 Å². The highest BCUT2D eigenvalue weighted by Gasteiger charge is 2.32. The van der Waals surface area contributed by atoms with E-state index in [4.69, 9.17) is 27.9 Å². The van der Waals surface area contributed by atoms with Crippen LogP contribution in [-0.4, -0.2) is 33.4 Å². The number of Topliss-reactive ketones (excluding diaryl/α,β-unsaturated/α-hetero) is 1. The van der Waals surface area contributed by atoms with E-state index in [0.29, 0.717) is 11.1 Å². The van der Waals surface area contributed by atoms with Gasteiger partial charge in [0.25, 0.3) is 5.56 Å². The number of benzene rings is 1. The van der Waals surface area contributed by atoms with Crippen LogP contribution in [-0.2, 0) is 4.79 Å². The van der Waals surface area contributed by atoms with Crippen LogP contribution in [0.1, 0.15) is 12.8 Å². The zero-order chi connectivity index (χ0) is 19.1. The third-order valence-corrected chi connectivity index (χ3v) is 4.75. The molecule has 0 bridgehead atoms. The summed E-state index contributed by atoms with van der Waals surface area (Å²) in [6.07, 6.45) is 3.60. The molecule has 0 unspecified atom stereocenters. The molecule has 2 N–H and O–H groups in total. The number of dihydropyridines is 1. The van der Waals surface area contributed by atoms with Crippen LogP contribution in [0.5, 0.6) is 5.75 Å². The molecule has 1 aliphatic heterocycles. The second kappa shape index (κ2) is 6.79. The fourth-order valence-corrected chi connectivity index (χ4v) is 3.31. The Kier molecular flexibility index (Phi) is 4.45. The molecule has 2 aliphatic rings. The lowest BCUT2D eigenvalue weighted by Gasteiger charge is -2.15. The molecular weight excluding hydrogens is 395 g/mol. The number of carbonyl (C=O) groups is 1. The van der Waals surface area contributed by atoms with Crippen molar-refractivity contribution < 1.29 is 9.53 Å². The maximum atomic E-state index is 11.9. The maximum absolute atomic E-state index is 11.9. The molecule has 0 atom stereocenters. The average Bonchev–Trinajstić information content (AvgIpc) is 3.44. The highest BCUT2D eigenvalue weighted by Crippen LogP contribution is 2.39. The number of H-pyrrole nitrogens is 2. The molecule has 1 aromatic carbocycles. The van der Waals surface area contributed by atoms with Gasteiger partial charge in [0, 0.05) is 17.2 Å². The molecular formula is C17H12Cl2N4O4. The Hall–Kier alpha value is -2.71. The summed E-state index contributed by atoms with van der Waals surface area (Å²) in [4.78, 5) is 41.1. The number of aliphatic imine (C=N–C) groups is 1. The topological polar surface area (TPSA) is 117 Å². The van der Waals surface area contributed by atoms with Crippen LogP contribution in [0, 0.1) is 5.92 Å². The molecule has 1 aliphatic carbocycles. The number of aromatic nitrogens is 3. The van der Waals surface area contributed by atoms with Crippen molar-refractivity contribution >= 4 is 34.9 Å². The van der Waals surface area contributed by atoms with Crippen molar-refractivity contribution in [3.63, 3.8) is 0 Å². The molecule has 0 saturated heterocycles. The average molecular weight is 407 g/mol. The van der Waals surface area contributed by atoms with Crippen molar-refractivity contribution in [1.29, 1.82) is 0 Å². The molecule has 0 radical (unpaired) electrons. The predicted molar refractivity (Wildman–Crippen MR) is 99.7 cm³/mol. The molecule has 10 heteroatoms. The number of nitrogens with one attached hydrogen (secondary N) is 2. The van der Waals surface area contributed by atoms with Crippen LogP contribution in [0.4, 0.5) is 0 Å². The Bertz CT molecular complexity index is 1110. The molecule has 2 heterocycles. The summed E-state index contributed by atoms with van der Waals surface area (Å²) in [5, 5.41) is 6.12. The summed E-state index contributed by atoms with van der Waals surface area (Å²) in [6, 6.07) is 2.89. The summed E-state index contributed by atoms with van der Waals surface area (Å²) in [6.45, 7) is 0.0294. The lowest BCUT2D eigenvalue weighted by molar-refractivity contribution is -0.114. The van der Waals surface area contributed by atoms with Gasteiger partial charge in [-0.1, -0.05) is 23.2 Å². The van der Waals surface area contributed by atoms with Crippen LogP contribution >= 0.6 is 23.2 Å². The molecule has 8 nitrogen and oxygen atoms in total. The monoisotopic (exact) mass is 406 g/mol. The molecule has 4 rings (SSSR count). The first-order valence-electron chi connectivity index (χ1n) is 8.08. The molecule has 0 spiro atoms. The minimum absolute atomic E-state index is 0.000705. The van der Waals surface area contributed by atoms with Gasteiger partial charge in [0.05, 0.1) is 10.0 Å². The van der Waals surface area contributed by atoms with E-state index in [0.717, 1.165) is 12.8 Å². The first-order valence-corrected chi connectivity index (χ1v) is 8.83. The second-order valence-corrected chi connectivity index (χ2v) is 6.99. The van der Waals surface area contributed by atoms with Gasteiger partial charge in [-0.3, -0.25) is 14.6 Å². The van der Waals surface area contributed by atoms with Gasteiger partial charge in [0.15, 0.2) is 17.2 Å². The quantitative estimate of drug-likeness (QED) is 0.809. The van der Waals surface area contributed by atoms with Gasteiger partial charge >= 0.3 is 5.69 Å². The van der Waals surface area contributed by atoms with Crippen molar-refractivity contribution in [2.45, 2.75) is 12.8 Å². The number of hydrogen-bond donors (Lipinski definition) is 2. The Morgan fingerprint density at radius 1 is 1.11 bits per heavy atom. The maximum Gasteiger partial charge on any atom is 0.342 e. The predicted octanol–water partition coefficient (Wildman–Crippen LogP) is 2.13. The number of carbonyl (C=O) groups excluding carboxylic acids is 1. The van der Waals surface area contributed by atoms with E-state index in [1.807, 2.05) is 0 Å². The van der Waals surface area contributed by atoms with Gasteiger partial charge < -0.3 is 4.74 Å². The minimum Gasteiger partial charge on any atom is -0.436 e. The van der Waals surface area contributed by atoms with Crippen molar-refractivity contribution in [2.75, 3.05) is 6.54 Å². The summed E-state index contributed by atoms with van der Waals surface area (Å²) in [5.74, 6) is 0.689. The fourth-order valence-electron chi connectivity index (χ4n) is 2.74.